The lowest BCUT2D eigenvalue weighted by Gasteiger charge is -2.05. The molecule has 1 aromatic carbocycles. The van der Waals surface area contributed by atoms with Crippen molar-refractivity contribution in [3.8, 4) is 11.4 Å². The Labute approximate surface area is 105 Å². The average Bonchev–Trinajstić information content (AvgIpc) is 2.37. The molecule has 2 aromatic rings. The fourth-order valence-corrected chi connectivity index (χ4v) is 1.61. The van der Waals surface area contributed by atoms with E-state index in [1.54, 1.807) is 6.20 Å². The van der Waals surface area contributed by atoms with Gasteiger partial charge >= 0.3 is 0 Å². The second-order valence-corrected chi connectivity index (χ2v) is 3.93. The minimum Gasteiger partial charge on any atom is -0.369 e. The monoisotopic (exact) mass is 248 g/mol. The maximum absolute atomic E-state index is 5.93. The molecule has 1 heterocycles. The molecule has 0 saturated heterocycles. The van der Waals surface area contributed by atoms with Gasteiger partial charge in [0.25, 0.3) is 0 Å². The Balaban J connectivity index is 2.26. The third-order valence-corrected chi connectivity index (χ3v) is 2.42. The van der Waals surface area contributed by atoms with Crippen LogP contribution in [0.4, 0.5) is 5.82 Å². The molecule has 0 fully saturated rings. The van der Waals surface area contributed by atoms with Crippen LogP contribution in [0.15, 0.2) is 36.5 Å². The molecular weight excluding hydrogens is 236 g/mol. The van der Waals surface area contributed by atoms with Gasteiger partial charge in [-0.15, -0.1) is 0 Å². The van der Waals surface area contributed by atoms with Crippen molar-refractivity contribution in [3.63, 3.8) is 0 Å². The zero-order valence-electron chi connectivity index (χ0n) is 9.23. The van der Waals surface area contributed by atoms with Crippen LogP contribution in [-0.2, 0) is 0 Å². The summed E-state index contributed by atoms with van der Waals surface area (Å²) in [6, 6.07) is 9.27. The first-order valence-corrected chi connectivity index (χ1v) is 5.70. The highest BCUT2D eigenvalue weighted by Gasteiger charge is 2.02. The molecule has 0 atom stereocenters. The van der Waals surface area contributed by atoms with Gasteiger partial charge in [0.05, 0.1) is 0 Å². The van der Waals surface area contributed by atoms with Gasteiger partial charge in [-0.25, -0.2) is 9.97 Å². The van der Waals surface area contributed by atoms with Crippen LogP contribution in [0, 0.1) is 0 Å². The maximum atomic E-state index is 5.93. The fraction of sp³-hybridized carbons (Fsp3) is 0.167. The van der Waals surface area contributed by atoms with Crippen molar-refractivity contribution in [2.45, 2.75) is 0 Å². The number of nitrogens with zero attached hydrogens (tertiary/aromatic N) is 2. The van der Waals surface area contributed by atoms with Crippen LogP contribution >= 0.6 is 11.6 Å². The maximum Gasteiger partial charge on any atom is 0.161 e. The molecule has 0 aliphatic rings. The van der Waals surface area contributed by atoms with E-state index < -0.39 is 0 Å². The fourth-order valence-electron chi connectivity index (χ4n) is 1.42. The Morgan fingerprint density at radius 1 is 1.29 bits per heavy atom. The third kappa shape index (κ3) is 3.15. The Morgan fingerprint density at radius 3 is 2.94 bits per heavy atom. The van der Waals surface area contributed by atoms with Gasteiger partial charge < -0.3 is 11.1 Å². The molecule has 0 radical (unpaired) electrons. The summed E-state index contributed by atoms with van der Waals surface area (Å²) < 4.78 is 0. The molecule has 0 amide bonds. The molecular formula is C12H13ClN4. The van der Waals surface area contributed by atoms with E-state index in [4.69, 9.17) is 17.3 Å². The molecule has 0 spiro atoms. The largest absolute Gasteiger partial charge is 0.369 e. The van der Waals surface area contributed by atoms with Gasteiger partial charge in [0, 0.05) is 29.9 Å². The molecule has 5 heteroatoms. The predicted octanol–water partition coefficient (Wildman–Crippen LogP) is 2.17. The zero-order valence-corrected chi connectivity index (χ0v) is 9.98. The van der Waals surface area contributed by atoms with E-state index in [0.717, 1.165) is 11.4 Å². The zero-order chi connectivity index (χ0) is 12.1. The van der Waals surface area contributed by atoms with Crippen LogP contribution < -0.4 is 11.1 Å². The van der Waals surface area contributed by atoms with E-state index in [2.05, 4.69) is 15.3 Å². The number of benzene rings is 1. The number of aromatic nitrogens is 2. The van der Waals surface area contributed by atoms with Crippen LogP contribution in [0.3, 0.4) is 0 Å². The molecule has 3 N–H and O–H groups in total. The van der Waals surface area contributed by atoms with E-state index in [1.807, 2.05) is 30.3 Å². The van der Waals surface area contributed by atoms with Crippen LogP contribution in [0.1, 0.15) is 0 Å². The van der Waals surface area contributed by atoms with Crippen LogP contribution in [0.5, 0.6) is 0 Å². The lowest BCUT2D eigenvalue weighted by Crippen LogP contribution is -2.14. The Bertz CT molecular complexity index is 501. The standard InChI is InChI=1S/C12H13ClN4/c13-10-3-1-2-9(8-10)12-16-6-4-11(17-12)15-7-5-14/h1-4,6,8H,5,7,14H2,(H,15,16,17). The quantitative estimate of drug-likeness (QED) is 0.871. The third-order valence-electron chi connectivity index (χ3n) is 2.19. The summed E-state index contributed by atoms with van der Waals surface area (Å²) in [6.45, 7) is 1.25. The van der Waals surface area contributed by atoms with Gasteiger partial charge in [0.1, 0.15) is 5.82 Å². The smallest absolute Gasteiger partial charge is 0.161 e. The van der Waals surface area contributed by atoms with Crippen LogP contribution in [0.25, 0.3) is 11.4 Å². The molecule has 4 nitrogen and oxygen atoms in total. The number of nitrogens with one attached hydrogen (secondary N) is 1. The summed E-state index contributed by atoms with van der Waals surface area (Å²) in [5, 5.41) is 3.78. The summed E-state index contributed by atoms with van der Waals surface area (Å²) in [4.78, 5) is 8.60. The first-order chi connectivity index (χ1) is 8.29. The van der Waals surface area contributed by atoms with Crippen molar-refractivity contribution < 1.29 is 0 Å². The number of rotatable bonds is 4. The molecule has 1 aromatic heterocycles. The van der Waals surface area contributed by atoms with E-state index in [0.29, 0.717) is 23.9 Å². The van der Waals surface area contributed by atoms with Crippen LogP contribution in [-0.4, -0.2) is 23.1 Å². The number of hydrogen-bond donors (Lipinski definition) is 2. The summed E-state index contributed by atoms with van der Waals surface area (Å²) >= 11 is 5.93. The summed E-state index contributed by atoms with van der Waals surface area (Å²) in [7, 11) is 0. The highest BCUT2D eigenvalue weighted by molar-refractivity contribution is 6.30. The molecule has 0 unspecified atom stereocenters. The van der Waals surface area contributed by atoms with Crippen LogP contribution in [0.2, 0.25) is 5.02 Å². The average molecular weight is 249 g/mol. The first-order valence-electron chi connectivity index (χ1n) is 5.32. The Morgan fingerprint density at radius 2 is 2.18 bits per heavy atom. The highest BCUT2D eigenvalue weighted by atomic mass is 35.5. The van der Waals surface area contributed by atoms with Gasteiger partial charge in [-0.1, -0.05) is 23.7 Å². The second-order valence-electron chi connectivity index (χ2n) is 3.49. The van der Waals surface area contributed by atoms with Crippen molar-refractivity contribution >= 4 is 17.4 Å². The molecule has 88 valence electrons. The van der Waals surface area contributed by atoms with Crippen molar-refractivity contribution in [3.05, 3.63) is 41.6 Å². The minimum atomic E-state index is 0.566. The topological polar surface area (TPSA) is 63.8 Å². The van der Waals surface area contributed by atoms with Gasteiger partial charge in [-0.05, 0) is 18.2 Å². The van der Waals surface area contributed by atoms with Crippen molar-refractivity contribution in [2.24, 2.45) is 5.73 Å². The van der Waals surface area contributed by atoms with Crippen molar-refractivity contribution in [1.29, 1.82) is 0 Å². The predicted molar refractivity (Wildman–Crippen MR) is 70.0 cm³/mol. The Kier molecular flexibility index (Phi) is 3.90. The molecule has 0 aliphatic carbocycles. The van der Waals surface area contributed by atoms with E-state index >= 15 is 0 Å². The molecule has 0 bridgehead atoms. The molecule has 17 heavy (non-hydrogen) atoms. The number of anilines is 1. The molecule has 0 aliphatic heterocycles. The number of halogens is 1. The second kappa shape index (κ2) is 5.61. The van der Waals surface area contributed by atoms with E-state index in [1.165, 1.54) is 0 Å². The lowest BCUT2D eigenvalue weighted by atomic mass is 10.2. The molecule has 2 rings (SSSR count). The molecule has 0 saturated carbocycles. The normalized spacial score (nSPS) is 10.2. The van der Waals surface area contributed by atoms with Crippen molar-refractivity contribution in [2.75, 3.05) is 18.4 Å². The van der Waals surface area contributed by atoms with Gasteiger partial charge in [0.2, 0.25) is 0 Å². The van der Waals surface area contributed by atoms with E-state index in [9.17, 15) is 0 Å². The van der Waals surface area contributed by atoms with Gasteiger partial charge in [0.15, 0.2) is 5.82 Å². The minimum absolute atomic E-state index is 0.566. The summed E-state index contributed by atoms with van der Waals surface area (Å²) in [6.07, 6.45) is 1.71. The number of nitrogens with two attached hydrogens (primary N) is 1. The Hall–Kier alpha value is -1.65. The van der Waals surface area contributed by atoms with Crippen molar-refractivity contribution in [1.82, 2.24) is 9.97 Å². The first kappa shape index (κ1) is 11.8. The highest BCUT2D eigenvalue weighted by Crippen LogP contribution is 2.19. The van der Waals surface area contributed by atoms with E-state index in [-0.39, 0.29) is 0 Å². The lowest BCUT2D eigenvalue weighted by molar-refractivity contribution is 1.01. The SMILES string of the molecule is NCCNc1ccnc(-c2cccc(Cl)c2)n1. The summed E-state index contributed by atoms with van der Waals surface area (Å²) in [5.41, 5.74) is 6.32. The van der Waals surface area contributed by atoms with Gasteiger partial charge in [-0.3, -0.25) is 0 Å². The summed E-state index contributed by atoms with van der Waals surface area (Å²) in [5.74, 6) is 1.41. The number of hydrogen-bond acceptors (Lipinski definition) is 4. The van der Waals surface area contributed by atoms with Gasteiger partial charge in [-0.2, -0.15) is 0 Å².